The van der Waals surface area contributed by atoms with Crippen LogP contribution in [0.15, 0.2) is 72.8 Å². The minimum atomic E-state index is 0.154. The van der Waals surface area contributed by atoms with Gasteiger partial charge in [-0.15, -0.1) is 0 Å². The minimum absolute atomic E-state index is 0.154. The van der Waals surface area contributed by atoms with Gasteiger partial charge < -0.3 is 10.2 Å². The van der Waals surface area contributed by atoms with Crippen LogP contribution in [0.2, 0.25) is 0 Å². The van der Waals surface area contributed by atoms with Gasteiger partial charge in [-0.1, -0.05) is 30.3 Å². The Morgan fingerprint density at radius 3 is 1.83 bits per heavy atom. The normalized spacial score (nSPS) is 10.8. The van der Waals surface area contributed by atoms with Gasteiger partial charge in [-0.3, -0.25) is 0 Å². The highest BCUT2D eigenvalue weighted by Gasteiger charge is 2.13. The molecule has 0 saturated heterocycles. The summed E-state index contributed by atoms with van der Waals surface area (Å²) < 4.78 is 0. The Hall–Kier alpha value is -3.40. The van der Waals surface area contributed by atoms with Crippen molar-refractivity contribution in [2.24, 2.45) is 0 Å². The van der Waals surface area contributed by atoms with E-state index in [0.29, 0.717) is 16.7 Å². The molecule has 0 radical (unpaired) electrons. The van der Waals surface area contributed by atoms with Gasteiger partial charge in [0.15, 0.2) is 0 Å². The molecule has 4 rings (SSSR count). The van der Waals surface area contributed by atoms with Crippen molar-refractivity contribution >= 4 is 11.0 Å². The van der Waals surface area contributed by atoms with Gasteiger partial charge in [0.25, 0.3) is 0 Å². The first kappa shape index (κ1) is 14.2. The molecule has 0 amide bonds. The van der Waals surface area contributed by atoms with Crippen molar-refractivity contribution in [1.29, 1.82) is 0 Å². The van der Waals surface area contributed by atoms with E-state index in [1.807, 2.05) is 30.3 Å². The summed E-state index contributed by atoms with van der Waals surface area (Å²) in [5.74, 6) is 0.354. The molecule has 116 valence electrons. The second kappa shape index (κ2) is 5.66. The van der Waals surface area contributed by atoms with Crippen molar-refractivity contribution in [3.8, 4) is 34.0 Å². The molecule has 0 saturated carbocycles. The van der Waals surface area contributed by atoms with E-state index in [4.69, 9.17) is 9.97 Å². The van der Waals surface area contributed by atoms with E-state index in [9.17, 15) is 10.2 Å². The fraction of sp³-hybridized carbons (Fsp3) is 0. The number of benzene rings is 3. The molecule has 0 spiro atoms. The summed E-state index contributed by atoms with van der Waals surface area (Å²) in [7, 11) is 0. The number of aromatic nitrogens is 2. The largest absolute Gasteiger partial charge is 0.508 e. The predicted octanol–water partition coefficient (Wildman–Crippen LogP) is 4.38. The third-order valence-electron chi connectivity index (χ3n) is 3.84. The van der Waals surface area contributed by atoms with Gasteiger partial charge in [-0.05, 0) is 36.4 Å². The van der Waals surface area contributed by atoms with Crippen LogP contribution < -0.4 is 0 Å². The number of hydrogen-bond donors (Lipinski definition) is 2. The number of fused-ring (bicyclic) bond motifs is 1. The lowest BCUT2D eigenvalue weighted by atomic mass is 10.0. The zero-order valence-electron chi connectivity index (χ0n) is 12.7. The van der Waals surface area contributed by atoms with Gasteiger partial charge in [-0.25, -0.2) is 9.97 Å². The first-order valence-corrected chi connectivity index (χ1v) is 7.56. The molecule has 0 aliphatic heterocycles. The van der Waals surface area contributed by atoms with E-state index in [1.165, 1.54) is 0 Å². The standard InChI is InChI=1S/C20H14N2O2/c23-15-8-6-14(7-9-15)20-19(13-4-2-1-3-5-13)21-17-11-10-16(24)12-18(17)22-20/h1-12,23-24H. The molecule has 4 aromatic rings. The van der Waals surface area contributed by atoms with E-state index in [2.05, 4.69) is 0 Å². The van der Waals surface area contributed by atoms with E-state index in [1.54, 1.807) is 42.5 Å². The van der Waals surface area contributed by atoms with E-state index in [-0.39, 0.29) is 11.5 Å². The number of nitrogens with zero attached hydrogens (tertiary/aromatic N) is 2. The summed E-state index contributed by atoms with van der Waals surface area (Å²) >= 11 is 0. The highest BCUT2D eigenvalue weighted by atomic mass is 16.3. The maximum atomic E-state index is 9.71. The van der Waals surface area contributed by atoms with Crippen LogP contribution >= 0.6 is 0 Å². The molecule has 1 heterocycles. The van der Waals surface area contributed by atoms with Gasteiger partial charge in [0.1, 0.15) is 11.5 Å². The molecule has 4 heteroatoms. The van der Waals surface area contributed by atoms with Crippen LogP contribution in [0, 0.1) is 0 Å². The van der Waals surface area contributed by atoms with E-state index < -0.39 is 0 Å². The zero-order valence-corrected chi connectivity index (χ0v) is 12.7. The van der Waals surface area contributed by atoms with Gasteiger partial charge in [0.05, 0.1) is 22.4 Å². The third-order valence-corrected chi connectivity index (χ3v) is 3.84. The summed E-state index contributed by atoms with van der Waals surface area (Å²) in [6.45, 7) is 0. The molecule has 2 N–H and O–H groups in total. The molecule has 0 atom stereocenters. The van der Waals surface area contributed by atoms with Crippen LogP contribution in [0.25, 0.3) is 33.5 Å². The quantitative estimate of drug-likeness (QED) is 0.576. The molecule has 0 aliphatic carbocycles. The van der Waals surface area contributed by atoms with Gasteiger partial charge >= 0.3 is 0 Å². The molecule has 3 aromatic carbocycles. The fourth-order valence-corrected chi connectivity index (χ4v) is 2.66. The van der Waals surface area contributed by atoms with Crippen LogP contribution in [-0.2, 0) is 0 Å². The van der Waals surface area contributed by atoms with Crippen molar-refractivity contribution in [2.75, 3.05) is 0 Å². The van der Waals surface area contributed by atoms with Gasteiger partial charge in [-0.2, -0.15) is 0 Å². The summed E-state index contributed by atoms with van der Waals surface area (Å²) in [6, 6.07) is 21.7. The minimum Gasteiger partial charge on any atom is -0.508 e. The first-order valence-electron chi connectivity index (χ1n) is 7.56. The van der Waals surface area contributed by atoms with Gasteiger partial charge in [0, 0.05) is 17.2 Å². The van der Waals surface area contributed by atoms with E-state index in [0.717, 1.165) is 16.8 Å². The number of phenolic OH excluding ortho intramolecular Hbond substituents is 2. The molecule has 0 aliphatic rings. The van der Waals surface area contributed by atoms with Crippen molar-refractivity contribution in [3.63, 3.8) is 0 Å². The maximum Gasteiger partial charge on any atom is 0.117 e. The Morgan fingerprint density at radius 2 is 1.12 bits per heavy atom. The van der Waals surface area contributed by atoms with Crippen molar-refractivity contribution in [1.82, 2.24) is 9.97 Å². The van der Waals surface area contributed by atoms with Crippen LogP contribution in [0.5, 0.6) is 11.5 Å². The molecule has 0 unspecified atom stereocenters. The monoisotopic (exact) mass is 314 g/mol. The van der Waals surface area contributed by atoms with Crippen LogP contribution in [0.3, 0.4) is 0 Å². The van der Waals surface area contributed by atoms with Crippen molar-refractivity contribution in [2.45, 2.75) is 0 Å². The molecule has 4 nitrogen and oxygen atoms in total. The lowest BCUT2D eigenvalue weighted by Gasteiger charge is -2.11. The molecular formula is C20H14N2O2. The number of phenols is 2. The lowest BCUT2D eigenvalue weighted by Crippen LogP contribution is -1.95. The second-order valence-corrected chi connectivity index (χ2v) is 5.51. The van der Waals surface area contributed by atoms with Crippen molar-refractivity contribution in [3.05, 3.63) is 72.8 Å². The Balaban J connectivity index is 2.02. The summed E-state index contributed by atoms with van der Waals surface area (Å²) in [5.41, 5.74) is 4.62. The Kier molecular flexibility index (Phi) is 3.35. The molecule has 0 fully saturated rings. The zero-order chi connectivity index (χ0) is 16.5. The SMILES string of the molecule is Oc1ccc(-c2nc3cc(O)ccc3nc2-c2ccccc2)cc1. The summed E-state index contributed by atoms with van der Waals surface area (Å²) in [5, 5.41) is 19.2. The van der Waals surface area contributed by atoms with E-state index >= 15 is 0 Å². The molecule has 0 bridgehead atoms. The lowest BCUT2D eigenvalue weighted by molar-refractivity contribution is 0.475. The van der Waals surface area contributed by atoms with Crippen LogP contribution in [0.1, 0.15) is 0 Å². The number of aromatic hydroxyl groups is 2. The average Bonchev–Trinajstić information content (AvgIpc) is 2.62. The Morgan fingerprint density at radius 1 is 0.542 bits per heavy atom. The average molecular weight is 314 g/mol. The molecular weight excluding hydrogens is 300 g/mol. The smallest absolute Gasteiger partial charge is 0.117 e. The van der Waals surface area contributed by atoms with Crippen LogP contribution in [-0.4, -0.2) is 20.2 Å². The Labute approximate surface area is 138 Å². The topological polar surface area (TPSA) is 66.2 Å². The second-order valence-electron chi connectivity index (χ2n) is 5.51. The first-order chi connectivity index (χ1) is 11.7. The highest BCUT2D eigenvalue weighted by molar-refractivity contribution is 5.86. The predicted molar refractivity (Wildman–Crippen MR) is 93.7 cm³/mol. The number of hydrogen-bond acceptors (Lipinski definition) is 4. The number of rotatable bonds is 2. The maximum absolute atomic E-state index is 9.71. The highest BCUT2D eigenvalue weighted by Crippen LogP contribution is 2.32. The van der Waals surface area contributed by atoms with Crippen molar-refractivity contribution < 1.29 is 10.2 Å². The molecule has 1 aromatic heterocycles. The fourth-order valence-electron chi connectivity index (χ4n) is 2.66. The molecule has 24 heavy (non-hydrogen) atoms. The van der Waals surface area contributed by atoms with Crippen LogP contribution in [0.4, 0.5) is 0 Å². The summed E-state index contributed by atoms with van der Waals surface area (Å²) in [6.07, 6.45) is 0. The third kappa shape index (κ3) is 2.54. The summed E-state index contributed by atoms with van der Waals surface area (Å²) in [4.78, 5) is 9.46. The Bertz CT molecular complexity index is 1010. The van der Waals surface area contributed by atoms with Gasteiger partial charge in [0.2, 0.25) is 0 Å².